The van der Waals surface area contributed by atoms with E-state index in [0.29, 0.717) is 5.56 Å². The average molecular weight is 355 g/mol. The lowest BCUT2D eigenvalue weighted by Gasteiger charge is -2.19. The predicted molar refractivity (Wildman–Crippen MR) is 85.6 cm³/mol. The van der Waals surface area contributed by atoms with E-state index in [2.05, 4.69) is 31.0 Å². The number of oxime groups is 1. The Hall–Kier alpha value is -1.60. The van der Waals surface area contributed by atoms with Crippen LogP contribution in [0.4, 0.5) is 5.69 Å². The maximum Gasteiger partial charge on any atom is 0.171 e. The van der Waals surface area contributed by atoms with Crippen LogP contribution in [0.3, 0.4) is 0 Å². The first-order chi connectivity index (χ1) is 9.52. The van der Waals surface area contributed by atoms with Crippen LogP contribution in [0.1, 0.15) is 16.1 Å². The molecule has 106 valence electrons. The molecular weight excluding hydrogens is 340 g/mol. The molecule has 1 aromatic carbocycles. The molecule has 0 amide bonds. The number of halogens is 1. The van der Waals surface area contributed by atoms with Gasteiger partial charge < -0.3 is 15.8 Å². The third kappa shape index (κ3) is 3.10. The van der Waals surface area contributed by atoms with Crippen molar-refractivity contribution < 1.29 is 5.21 Å². The summed E-state index contributed by atoms with van der Waals surface area (Å²) in [6.07, 6.45) is 0. The van der Waals surface area contributed by atoms with E-state index in [1.807, 2.05) is 37.7 Å². The number of rotatable bonds is 4. The van der Waals surface area contributed by atoms with Gasteiger partial charge in [0.2, 0.25) is 0 Å². The van der Waals surface area contributed by atoms with Crippen molar-refractivity contribution in [3.8, 4) is 0 Å². The molecule has 0 radical (unpaired) electrons. The average Bonchev–Trinajstić information content (AvgIpc) is 2.83. The van der Waals surface area contributed by atoms with Crippen molar-refractivity contribution in [1.29, 1.82) is 0 Å². The van der Waals surface area contributed by atoms with Crippen LogP contribution in [0, 0.1) is 6.92 Å². The molecule has 1 aromatic heterocycles. The van der Waals surface area contributed by atoms with Crippen LogP contribution in [0.15, 0.2) is 33.3 Å². The topological polar surface area (TPSA) is 74.7 Å². The normalized spacial score (nSPS) is 11.7. The summed E-state index contributed by atoms with van der Waals surface area (Å²) in [5, 5.41) is 11.7. The molecule has 1 heterocycles. The number of thiazole rings is 1. The molecule has 2 aromatic rings. The van der Waals surface area contributed by atoms with Crippen molar-refractivity contribution in [3.05, 3.63) is 44.3 Å². The fraction of sp³-hybridized carbons (Fsp3) is 0.231. The van der Waals surface area contributed by atoms with Gasteiger partial charge in [0.25, 0.3) is 0 Å². The zero-order valence-electron chi connectivity index (χ0n) is 11.2. The van der Waals surface area contributed by atoms with Gasteiger partial charge in [-0.2, -0.15) is 0 Å². The van der Waals surface area contributed by atoms with Gasteiger partial charge in [0.15, 0.2) is 5.84 Å². The number of aromatic nitrogens is 1. The molecule has 2 rings (SSSR count). The molecule has 0 aliphatic carbocycles. The Morgan fingerprint density at radius 2 is 2.30 bits per heavy atom. The minimum Gasteiger partial charge on any atom is -0.409 e. The Labute approximate surface area is 129 Å². The largest absolute Gasteiger partial charge is 0.409 e. The summed E-state index contributed by atoms with van der Waals surface area (Å²) in [7, 11) is 2.02. The lowest BCUT2D eigenvalue weighted by molar-refractivity contribution is 0.318. The van der Waals surface area contributed by atoms with Crippen LogP contribution in [-0.4, -0.2) is 23.1 Å². The van der Waals surface area contributed by atoms with Gasteiger partial charge in [-0.25, -0.2) is 4.98 Å². The lowest BCUT2D eigenvalue weighted by atomic mass is 10.2. The molecule has 0 aliphatic rings. The molecule has 20 heavy (non-hydrogen) atoms. The van der Waals surface area contributed by atoms with E-state index in [1.54, 1.807) is 11.3 Å². The van der Waals surface area contributed by atoms with E-state index in [1.165, 1.54) is 4.88 Å². The predicted octanol–water partition coefficient (Wildman–Crippen LogP) is 2.94. The maximum atomic E-state index is 8.72. The summed E-state index contributed by atoms with van der Waals surface area (Å²) < 4.78 is 0.790. The van der Waals surface area contributed by atoms with E-state index in [-0.39, 0.29) is 5.84 Å². The minimum absolute atomic E-state index is 0.0874. The third-order valence-electron chi connectivity index (χ3n) is 3.00. The molecule has 0 aliphatic heterocycles. The summed E-state index contributed by atoms with van der Waals surface area (Å²) in [4.78, 5) is 7.62. The highest BCUT2D eigenvalue weighted by Crippen LogP contribution is 2.25. The first-order valence-electron chi connectivity index (χ1n) is 5.90. The van der Waals surface area contributed by atoms with Gasteiger partial charge in [-0.05, 0) is 41.1 Å². The maximum absolute atomic E-state index is 8.72. The summed E-state index contributed by atoms with van der Waals surface area (Å²) in [5.74, 6) is 0.0874. The monoisotopic (exact) mass is 354 g/mol. The Morgan fingerprint density at radius 1 is 1.55 bits per heavy atom. The lowest BCUT2D eigenvalue weighted by Crippen LogP contribution is -2.18. The Bertz CT molecular complexity index is 641. The van der Waals surface area contributed by atoms with E-state index in [0.717, 1.165) is 22.4 Å². The molecule has 0 bridgehead atoms. The second kappa shape index (κ2) is 6.23. The van der Waals surface area contributed by atoms with Crippen molar-refractivity contribution >= 4 is 38.8 Å². The van der Waals surface area contributed by atoms with Crippen molar-refractivity contribution in [2.24, 2.45) is 10.9 Å². The molecule has 7 heteroatoms. The number of hydrogen-bond donors (Lipinski definition) is 2. The smallest absolute Gasteiger partial charge is 0.171 e. The van der Waals surface area contributed by atoms with Gasteiger partial charge in [0, 0.05) is 27.6 Å². The number of aryl methyl sites for hydroxylation is 1. The van der Waals surface area contributed by atoms with Crippen molar-refractivity contribution in [2.45, 2.75) is 13.5 Å². The number of hydrogen-bond acceptors (Lipinski definition) is 5. The number of nitrogens with two attached hydrogens (primary N) is 1. The van der Waals surface area contributed by atoms with Gasteiger partial charge in [0.05, 0.1) is 17.7 Å². The van der Waals surface area contributed by atoms with Crippen LogP contribution in [-0.2, 0) is 6.54 Å². The van der Waals surface area contributed by atoms with Gasteiger partial charge in [-0.3, -0.25) is 0 Å². The van der Waals surface area contributed by atoms with Crippen LogP contribution >= 0.6 is 27.3 Å². The molecule has 0 spiro atoms. The fourth-order valence-electron chi connectivity index (χ4n) is 1.79. The van der Waals surface area contributed by atoms with Crippen LogP contribution < -0.4 is 10.6 Å². The third-order valence-corrected chi connectivity index (χ3v) is 4.58. The second-order valence-corrected chi connectivity index (χ2v) is 6.16. The van der Waals surface area contributed by atoms with Crippen LogP contribution in [0.25, 0.3) is 0 Å². The quantitative estimate of drug-likeness (QED) is 0.383. The zero-order chi connectivity index (χ0) is 14.7. The van der Waals surface area contributed by atoms with Crippen molar-refractivity contribution in [3.63, 3.8) is 0 Å². The molecule has 5 nitrogen and oxygen atoms in total. The first kappa shape index (κ1) is 14.8. The molecule has 0 saturated heterocycles. The zero-order valence-corrected chi connectivity index (χ0v) is 13.6. The highest BCUT2D eigenvalue weighted by atomic mass is 79.9. The molecule has 0 fully saturated rings. The number of anilines is 1. The van der Waals surface area contributed by atoms with E-state index in [4.69, 9.17) is 10.9 Å². The Kier molecular flexibility index (Phi) is 4.61. The Morgan fingerprint density at radius 3 is 2.85 bits per heavy atom. The van der Waals surface area contributed by atoms with Gasteiger partial charge in [-0.1, -0.05) is 5.16 Å². The molecule has 0 unspecified atom stereocenters. The van der Waals surface area contributed by atoms with E-state index >= 15 is 0 Å². The van der Waals surface area contributed by atoms with Gasteiger partial charge >= 0.3 is 0 Å². The summed E-state index contributed by atoms with van der Waals surface area (Å²) in [6.45, 7) is 2.81. The van der Waals surface area contributed by atoms with Crippen LogP contribution in [0.5, 0.6) is 0 Å². The first-order valence-corrected chi connectivity index (χ1v) is 7.57. The number of nitrogens with zero attached hydrogens (tertiary/aromatic N) is 3. The van der Waals surface area contributed by atoms with Crippen molar-refractivity contribution in [2.75, 3.05) is 11.9 Å². The SMILES string of the molecule is Cc1ncsc1CN(C)c1ccc(/C(N)=N/O)c(Br)c1. The second-order valence-electron chi connectivity index (χ2n) is 4.37. The molecule has 3 N–H and O–H groups in total. The van der Waals surface area contributed by atoms with Crippen molar-refractivity contribution in [1.82, 2.24) is 4.98 Å². The summed E-state index contributed by atoms with van der Waals surface area (Å²) in [5.41, 5.74) is 10.2. The summed E-state index contributed by atoms with van der Waals surface area (Å²) >= 11 is 5.09. The molecular formula is C13H15BrN4OS. The standard InChI is InChI=1S/C13H15BrN4OS/c1-8-12(20-7-16-8)6-18(2)9-3-4-10(11(14)5-9)13(15)17-19/h3-5,7,19H,6H2,1-2H3,(H2,15,17). The number of amidine groups is 1. The highest BCUT2D eigenvalue weighted by molar-refractivity contribution is 9.10. The van der Waals surface area contributed by atoms with E-state index in [9.17, 15) is 0 Å². The summed E-state index contributed by atoms with van der Waals surface area (Å²) in [6, 6.07) is 5.71. The highest BCUT2D eigenvalue weighted by Gasteiger charge is 2.10. The molecule has 0 saturated carbocycles. The fourth-order valence-corrected chi connectivity index (χ4v) is 3.19. The molecule has 0 atom stereocenters. The van der Waals surface area contributed by atoms with Gasteiger partial charge in [0.1, 0.15) is 0 Å². The number of benzene rings is 1. The van der Waals surface area contributed by atoms with Gasteiger partial charge in [-0.15, -0.1) is 11.3 Å². The van der Waals surface area contributed by atoms with E-state index < -0.39 is 0 Å². The Balaban J connectivity index is 2.21. The van der Waals surface area contributed by atoms with Crippen LogP contribution in [0.2, 0.25) is 0 Å². The minimum atomic E-state index is 0.0874.